The topological polar surface area (TPSA) is 37.3 Å². The van der Waals surface area contributed by atoms with Crippen molar-refractivity contribution >= 4 is 11.5 Å². The van der Waals surface area contributed by atoms with Gasteiger partial charge in [0.15, 0.2) is 0 Å². The summed E-state index contributed by atoms with van der Waals surface area (Å²) in [6.45, 7) is 5.65. The molecule has 0 saturated carbocycles. The average molecular weight is 202 g/mol. The van der Waals surface area contributed by atoms with Crippen LogP contribution in [0.1, 0.15) is 18.9 Å². The van der Waals surface area contributed by atoms with Gasteiger partial charge in [-0.15, -0.1) is 0 Å². The summed E-state index contributed by atoms with van der Waals surface area (Å²) in [5, 5.41) is 8.58. The SMILES string of the molecule is C=C(/C=C(\C)c1ccccc1)CC(=O)O. The van der Waals surface area contributed by atoms with E-state index in [1.54, 1.807) is 0 Å². The third-order valence-electron chi connectivity index (χ3n) is 2.03. The first-order valence-electron chi connectivity index (χ1n) is 4.73. The van der Waals surface area contributed by atoms with Crippen LogP contribution in [0.5, 0.6) is 0 Å². The van der Waals surface area contributed by atoms with E-state index >= 15 is 0 Å². The molecule has 1 rings (SSSR count). The van der Waals surface area contributed by atoms with Crippen molar-refractivity contribution in [2.24, 2.45) is 0 Å². The molecule has 1 aromatic carbocycles. The average Bonchev–Trinajstić information content (AvgIpc) is 2.17. The zero-order valence-corrected chi connectivity index (χ0v) is 8.73. The maximum Gasteiger partial charge on any atom is 0.307 e. The second-order valence-electron chi connectivity index (χ2n) is 3.42. The van der Waals surface area contributed by atoms with E-state index in [0.717, 1.165) is 11.1 Å². The first-order valence-corrected chi connectivity index (χ1v) is 4.73. The number of carboxylic acids is 1. The Bertz CT molecular complexity index is 388. The van der Waals surface area contributed by atoms with Gasteiger partial charge in [-0.2, -0.15) is 0 Å². The normalized spacial score (nSPS) is 11.1. The van der Waals surface area contributed by atoms with Crippen LogP contribution in [0.2, 0.25) is 0 Å². The van der Waals surface area contributed by atoms with Crippen molar-refractivity contribution in [3.05, 3.63) is 54.1 Å². The molecule has 78 valence electrons. The Morgan fingerprint density at radius 1 is 1.40 bits per heavy atom. The van der Waals surface area contributed by atoms with Crippen LogP contribution in [0, 0.1) is 0 Å². The molecule has 2 nitrogen and oxygen atoms in total. The Morgan fingerprint density at radius 2 is 2.00 bits per heavy atom. The van der Waals surface area contributed by atoms with E-state index in [2.05, 4.69) is 6.58 Å². The molecule has 0 aliphatic heterocycles. The number of carbonyl (C=O) groups is 1. The molecule has 0 atom stereocenters. The van der Waals surface area contributed by atoms with E-state index in [-0.39, 0.29) is 6.42 Å². The lowest BCUT2D eigenvalue weighted by Crippen LogP contribution is -1.94. The van der Waals surface area contributed by atoms with Crippen molar-refractivity contribution in [2.75, 3.05) is 0 Å². The van der Waals surface area contributed by atoms with Crippen molar-refractivity contribution in [3.63, 3.8) is 0 Å². The van der Waals surface area contributed by atoms with Crippen LogP contribution in [0.15, 0.2) is 48.6 Å². The van der Waals surface area contributed by atoms with Crippen LogP contribution in [-0.4, -0.2) is 11.1 Å². The van der Waals surface area contributed by atoms with Gasteiger partial charge < -0.3 is 5.11 Å². The Morgan fingerprint density at radius 3 is 2.53 bits per heavy atom. The highest BCUT2D eigenvalue weighted by Crippen LogP contribution is 2.15. The number of rotatable bonds is 4. The van der Waals surface area contributed by atoms with Crippen molar-refractivity contribution in [3.8, 4) is 0 Å². The van der Waals surface area contributed by atoms with Crippen molar-refractivity contribution < 1.29 is 9.90 Å². The van der Waals surface area contributed by atoms with E-state index in [4.69, 9.17) is 5.11 Å². The Balaban J connectivity index is 2.76. The molecule has 0 amide bonds. The minimum atomic E-state index is -0.850. The fourth-order valence-corrected chi connectivity index (χ4v) is 1.34. The van der Waals surface area contributed by atoms with Crippen LogP contribution in [-0.2, 0) is 4.79 Å². The van der Waals surface area contributed by atoms with Gasteiger partial charge in [-0.1, -0.05) is 43.0 Å². The van der Waals surface area contributed by atoms with E-state index in [0.29, 0.717) is 5.57 Å². The standard InChI is InChI=1S/C13H14O2/c1-10(9-13(14)15)8-11(2)12-6-4-3-5-7-12/h3-8H,1,9H2,2H3,(H,14,15)/b11-8+. The molecule has 0 aliphatic rings. The van der Waals surface area contributed by atoms with Crippen molar-refractivity contribution in [1.82, 2.24) is 0 Å². The summed E-state index contributed by atoms with van der Waals surface area (Å²) in [5.74, 6) is -0.850. The molecule has 1 aromatic rings. The second kappa shape index (κ2) is 5.15. The zero-order chi connectivity index (χ0) is 11.3. The Labute approximate surface area is 89.6 Å². The molecule has 0 heterocycles. The zero-order valence-electron chi connectivity index (χ0n) is 8.73. The number of benzene rings is 1. The molecule has 15 heavy (non-hydrogen) atoms. The lowest BCUT2D eigenvalue weighted by atomic mass is 10.0. The third kappa shape index (κ3) is 3.81. The molecule has 0 unspecified atom stereocenters. The first kappa shape index (κ1) is 11.2. The summed E-state index contributed by atoms with van der Waals surface area (Å²) in [6.07, 6.45) is 1.80. The summed E-state index contributed by atoms with van der Waals surface area (Å²) in [6, 6.07) is 9.82. The van der Waals surface area contributed by atoms with Gasteiger partial charge in [-0.05, 0) is 23.6 Å². The smallest absolute Gasteiger partial charge is 0.307 e. The number of allylic oxidation sites excluding steroid dienone is 2. The highest BCUT2D eigenvalue weighted by atomic mass is 16.4. The second-order valence-corrected chi connectivity index (χ2v) is 3.42. The van der Waals surface area contributed by atoms with Crippen LogP contribution >= 0.6 is 0 Å². The maximum absolute atomic E-state index is 10.4. The highest BCUT2D eigenvalue weighted by Gasteiger charge is 2.00. The fourth-order valence-electron chi connectivity index (χ4n) is 1.34. The molecule has 0 aliphatic carbocycles. The number of hydrogen-bond acceptors (Lipinski definition) is 1. The lowest BCUT2D eigenvalue weighted by Gasteiger charge is -2.02. The van der Waals surface area contributed by atoms with Gasteiger partial charge in [0.05, 0.1) is 6.42 Å². The van der Waals surface area contributed by atoms with Gasteiger partial charge in [0.1, 0.15) is 0 Å². The van der Waals surface area contributed by atoms with Gasteiger partial charge in [0.25, 0.3) is 0 Å². The molecular formula is C13H14O2. The van der Waals surface area contributed by atoms with Crippen LogP contribution in [0.25, 0.3) is 5.57 Å². The van der Waals surface area contributed by atoms with E-state index < -0.39 is 5.97 Å². The molecular weight excluding hydrogens is 188 g/mol. The lowest BCUT2D eigenvalue weighted by molar-refractivity contribution is -0.136. The highest BCUT2D eigenvalue weighted by molar-refractivity contribution is 5.73. The first-order chi connectivity index (χ1) is 7.09. The van der Waals surface area contributed by atoms with Crippen LogP contribution in [0.4, 0.5) is 0 Å². The molecule has 0 saturated heterocycles. The largest absolute Gasteiger partial charge is 0.481 e. The maximum atomic E-state index is 10.4. The number of hydrogen-bond donors (Lipinski definition) is 1. The van der Waals surface area contributed by atoms with Gasteiger partial charge >= 0.3 is 5.97 Å². The molecule has 2 heteroatoms. The van der Waals surface area contributed by atoms with Gasteiger partial charge in [-0.3, -0.25) is 4.79 Å². The molecule has 0 fully saturated rings. The summed E-state index contributed by atoms with van der Waals surface area (Å²) < 4.78 is 0. The van der Waals surface area contributed by atoms with Gasteiger partial charge in [0.2, 0.25) is 0 Å². The molecule has 0 spiro atoms. The van der Waals surface area contributed by atoms with Crippen LogP contribution < -0.4 is 0 Å². The minimum Gasteiger partial charge on any atom is -0.481 e. The fraction of sp³-hybridized carbons (Fsp3) is 0.154. The molecule has 0 bridgehead atoms. The van der Waals surface area contributed by atoms with Crippen LogP contribution in [0.3, 0.4) is 0 Å². The monoisotopic (exact) mass is 202 g/mol. The summed E-state index contributed by atoms with van der Waals surface area (Å²) in [4.78, 5) is 10.4. The summed E-state index contributed by atoms with van der Waals surface area (Å²) in [7, 11) is 0. The van der Waals surface area contributed by atoms with E-state index in [1.165, 1.54) is 0 Å². The molecule has 0 radical (unpaired) electrons. The van der Waals surface area contributed by atoms with E-state index in [9.17, 15) is 4.79 Å². The quantitative estimate of drug-likeness (QED) is 0.761. The Kier molecular flexibility index (Phi) is 3.86. The molecule has 0 aromatic heterocycles. The third-order valence-corrected chi connectivity index (χ3v) is 2.03. The predicted molar refractivity (Wildman–Crippen MR) is 61.5 cm³/mol. The number of aliphatic carboxylic acids is 1. The summed E-state index contributed by atoms with van der Waals surface area (Å²) >= 11 is 0. The van der Waals surface area contributed by atoms with Crippen molar-refractivity contribution in [2.45, 2.75) is 13.3 Å². The summed E-state index contributed by atoms with van der Waals surface area (Å²) in [5.41, 5.74) is 2.73. The van der Waals surface area contributed by atoms with E-state index in [1.807, 2.05) is 43.3 Å². The minimum absolute atomic E-state index is 0.00975. The Hall–Kier alpha value is -1.83. The number of carboxylic acid groups (broad SMARTS) is 1. The van der Waals surface area contributed by atoms with Gasteiger partial charge in [0, 0.05) is 0 Å². The van der Waals surface area contributed by atoms with Crippen molar-refractivity contribution in [1.29, 1.82) is 0 Å². The predicted octanol–water partition coefficient (Wildman–Crippen LogP) is 3.12. The molecule has 1 N–H and O–H groups in total. The van der Waals surface area contributed by atoms with Gasteiger partial charge in [-0.25, -0.2) is 0 Å².